The van der Waals surface area contributed by atoms with Crippen LogP contribution in [0.25, 0.3) is 0 Å². The molecule has 0 unspecified atom stereocenters. The zero-order valence-electron chi connectivity index (χ0n) is 13.8. The predicted octanol–water partition coefficient (Wildman–Crippen LogP) is 1.79. The van der Waals surface area contributed by atoms with Crippen LogP contribution in [0.5, 0.6) is 0 Å². The number of likely N-dealkylation sites (N-methyl/N-ethyl adjacent to an activating group) is 1. The van der Waals surface area contributed by atoms with E-state index in [0.717, 1.165) is 32.5 Å². The zero-order valence-corrected chi connectivity index (χ0v) is 13.8. The average molecular weight is 319 g/mol. The van der Waals surface area contributed by atoms with Gasteiger partial charge in [-0.25, -0.2) is 4.79 Å². The van der Waals surface area contributed by atoms with Crippen molar-refractivity contribution >= 4 is 11.9 Å². The number of carboxylic acid groups (broad SMARTS) is 1. The first-order valence-electron chi connectivity index (χ1n) is 8.13. The summed E-state index contributed by atoms with van der Waals surface area (Å²) in [4.78, 5) is 31.8. The normalized spacial score (nSPS) is 17.7. The number of carboxylic acids is 1. The van der Waals surface area contributed by atoms with E-state index in [0.29, 0.717) is 17.9 Å². The largest absolute Gasteiger partial charge is 0.479 e. The van der Waals surface area contributed by atoms with E-state index in [4.69, 9.17) is 0 Å². The van der Waals surface area contributed by atoms with Crippen LogP contribution in [0.2, 0.25) is 0 Å². The van der Waals surface area contributed by atoms with E-state index >= 15 is 0 Å². The second-order valence-electron chi connectivity index (χ2n) is 6.11. The van der Waals surface area contributed by atoms with Crippen molar-refractivity contribution in [2.75, 3.05) is 26.7 Å². The Labute approximate surface area is 137 Å². The Morgan fingerprint density at radius 3 is 2.65 bits per heavy atom. The van der Waals surface area contributed by atoms with Gasteiger partial charge in [-0.05, 0) is 44.5 Å². The molecule has 6 nitrogen and oxygen atoms in total. The van der Waals surface area contributed by atoms with E-state index in [2.05, 4.69) is 16.8 Å². The zero-order chi connectivity index (χ0) is 16.8. The lowest BCUT2D eigenvalue weighted by Crippen LogP contribution is -2.39. The summed E-state index contributed by atoms with van der Waals surface area (Å²) in [6.45, 7) is 5.22. The highest BCUT2D eigenvalue weighted by Crippen LogP contribution is 2.24. The highest BCUT2D eigenvalue weighted by atomic mass is 16.4. The van der Waals surface area contributed by atoms with E-state index < -0.39 is 12.0 Å². The minimum atomic E-state index is -1.03. The fourth-order valence-corrected chi connectivity index (χ4v) is 3.11. The quantitative estimate of drug-likeness (QED) is 0.865. The number of aromatic nitrogens is 1. The first kappa shape index (κ1) is 17.4. The second-order valence-corrected chi connectivity index (χ2v) is 6.11. The first-order valence-corrected chi connectivity index (χ1v) is 8.13. The van der Waals surface area contributed by atoms with Gasteiger partial charge in [-0.15, -0.1) is 0 Å². The van der Waals surface area contributed by atoms with Gasteiger partial charge in [-0.3, -0.25) is 9.78 Å². The lowest BCUT2D eigenvalue weighted by molar-refractivity contribution is -0.149. The summed E-state index contributed by atoms with van der Waals surface area (Å²) in [5.74, 6) is -0.804. The van der Waals surface area contributed by atoms with Crippen LogP contribution in [0.4, 0.5) is 0 Å². The maximum Gasteiger partial charge on any atom is 0.331 e. The first-order chi connectivity index (χ1) is 11.0. The molecule has 2 heterocycles. The van der Waals surface area contributed by atoms with Crippen LogP contribution in [-0.4, -0.2) is 58.4 Å². The van der Waals surface area contributed by atoms with Crippen LogP contribution < -0.4 is 0 Å². The highest BCUT2D eigenvalue weighted by Gasteiger charge is 2.30. The van der Waals surface area contributed by atoms with Crippen molar-refractivity contribution in [2.45, 2.75) is 32.2 Å². The molecule has 6 heteroatoms. The monoisotopic (exact) mass is 319 g/mol. The van der Waals surface area contributed by atoms with E-state index in [1.165, 1.54) is 11.1 Å². The maximum atomic E-state index is 12.5. The minimum Gasteiger partial charge on any atom is -0.479 e. The lowest BCUT2D eigenvalue weighted by atomic mass is 9.92. The van der Waals surface area contributed by atoms with Crippen molar-refractivity contribution in [3.8, 4) is 0 Å². The number of carbonyl (C=O) groups is 2. The smallest absolute Gasteiger partial charge is 0.331 e. The summed E-state index contributed by atoms with van der Waals surface area (Å²) in [5, 5.41) is 9.49. The molecule has 0 radical (unpaired) electrons. The Hall–Kier alpha value is -1.95. The fourth-order valence-electron chi connectivity index (χ4n) is 3.11. The number of carbonyl (C=O) groups excluding carboxylic acids is 1. The van der Waals surface area contributed by atoms with Crippen molar-refractivity contribution in [1.29, 1.82) is 0 Å². The molecule has 1 fully saturated rings. The molecule has 1 aliphatic rings. The van der Waals surface area contributed by atoms with Crippen molar-refractivity contribution in [2.24, 2.45) is 5.92 Å². The SMILES string of the molecule is CCN1CCC(CC(=O)N(C)[C@H](C(=O)O)c2cccnc2)CC1. The number of rotatable bonds is 6. The molecule has 1 N–H and O–H groups in total. The summed E-state index contributed by atoms with van der Waals surface area (Å²) < 4.78 is 0. The van der Waals surface area contributed by atoms with Gasteiger partial charge in [0.15, 0.2) is 6.04 Å². The summed E-state index contributed by atoms with van der Waals surface area (Å²) in [5.41, 5.74) is 0.525. The van der Waals surface area contributed by atoms with Crippen molar-refractivity contribution < 1.29 is 14.7 Å². The van der Waals surface area contributed by atoms with E-state index in [-0.39, 0.29) is 5.91 Å². The topological polar surface area (TPSA) is 73.7 Å². The van der Waals surface area contributed by atoms with Crippen molar-refractivity contribution in [1.82, 2.24) is 14.8 Å². The molecule has 0 aromatic carbocycles. The number of aliphatic carboxylic acids is 1. The third-order valence-electron chi connectivity index (χ3n) is 4.63. The van der Waals surface area contributed by atoms with Gasteiger partial charge in [0.1, 0.15) is 0 Å². The van der Waals surface area contributed by atoms with Crippen molar-refractivity contribution in [3.05, 3.63) is 30.1 Å². The molecule has 0 bridgehead atoms. The van der Waals surface area contributed by atoms with Crippen LogP contribution in [-0.2, 0) is 9.59 Å². The number of piperidine rings is 1. The van der Waals surface area contributed by atoms with Gasteiger partial charge < -0.3 is 14.9 Å². The molecule has 23 heavy (non-hydrogen) atoms. The molecular formula is C17H25N3O3. The molecular weight excluding hydrogens is 294 g/mol. The minimum absolute atomic E-state index is 0.115. The van der Waals surface area contributed by atoms with Crippen molar-refractivity contribution in [3.63, 3.8) is 0 Å². The Bertz CT molecular complexity index is 527. The summed E-state index contributed by atoms with van der Waals surface area (Å²) in [6, 6.07) is 2.39. The van der Waals surface area contributed by atoms with Crippen LogP contribution in [0.3, 0.4) is 0 Å². The van der Waals surface area contributed by atoms with Crippen LogP contribution in [0.15, 0.2) is 24.5 Å². The predicted molar refractivity (Wildman–Crippen MR) is 86.8 cm³/mol. The Balaban J connectivity index is 1.99. The maximum absolute atomic E-state index is 12.5. The molecule has 1 aliphatic heterocycles. The van der Waals surface area contributed by atoms with Crippen LogP contribution in [0, 0.1) is 5.92 Å². The highest BCUT2D eigenvalue weighted by molar-refractivity contribution is 5.84. The average Bonchev–Trinajstić information content (AvgIpc) is 2.56. The van der Waals surface area contributed by atoms with Gasteiger partial charge in [0.25, 0.3) is 0 Å². The molecule has 1 amide bonds. The molecule has 1 saturated heterocycles. The van der Waals surface area contributed by atoms with Gasteiger partial charge >= 0.3 is 5.97 Å². The van der Waals surface area contributed by atoms with Crippen LogP contribution in [0.1, 0.15) is 37.8 Å². The van der Waals surface area contributed by atoms with E-state index in [9.17, 15) is 14.7 Å². The second kappa shape index (κ2) is 8.06. The number of amides is 1. The number of likely N-dealkylation sites (tertiary alicyclic amines) is 1. The molecule has 1 aromatic heterocycles. The van der Waals surface area contributed by atoms with Gasteiger partial charge in [-0.2, -0.15) is 0 Å². The Morgan fingerprint density at radius 2 is 2.13 bits per heavy atom. The fraction of sp³-hybridized carbons (Fsp3) is 0.588. The number of hydrogen-bond donors (Lipinski definition) is 1. The van der Waals surface area contributed by atoms with Gasteiger partial charge in [-0.1, -0.05) is 13.0 Å². The molecule has 1 aromatic rings. The van der Waals surface area contributed by atoms with E-state index in [1.807, 2.05) is 0 Å². The molecule has 126 valence electrons. The van der Waals surface area contributed by atoms with Gasteiger partial charge in [0, 0.05) is 31.4 Å². The molecule has 0 spiro atoms. The Kier molecular flexibility index (Phi) is 6.10. The third-order valence-corrected chi connectivity index (χ3v) is 4.63. The standard InChI is InChI=1S/C17H25N3O3/c1-3-20-9-6-13(7-10-20)11-15(21)19(2)16(17(22)23)14-5-4-8-18-12-14/h4-5,8,12-13,16H,3,6-7,9-11H2,1-2H3,(H,22,23)/t16-/m0/s1. The van der Waals surface area contributed by atoms with E-state index in [1.54, 1.807) is 25.4 Å². The molecule has 1 atom stereocenters. The Morgan fingerprint density at radius 1 is 1.43 bits per heavy atom. The number of hydrogen-bond acceptors (Lipinski definition) is 4. The van der Waals surface area contributed by atoms with Gasteiger partial charge in [0.2, 0.25) is 5.91 Å². The number of nitrogens with zero attached hydrogens (tertiary/aromatic N) is 3. The molecule has 0 aliphatic carbocycles. The van der Waals surface area contributed by atoms with Gasteiger partial charge in [0.05, 0.1) is 0 Å². The van der Waals surface area contributed by atoms with Crippen LogP contribution >= 0.6 is 0 Å². The molecule has 2 rings (SSSR count). The number of pyridine rings is 1. The summed E-state index contributed by atoms with van der Waals surface area (Å²) in [6.07, 6.45) is 5.50. The third kappa shape index (κ3) is 4.51. The summed E-state index contributed by atoms with van der Waals surface area (Å²) in [7, 11) is 1.56. The molecule has 0 saturated carbocycles. The lowest BCUT2D eigenvalue weighted by Gasteiger charge is -2.32. The summed E-state index contributed by atoms with van der Waals surface area (Å²) >= 11 is 0.